The number of ether oxygens (including phenoxy) is 1. The lowest BCUT2D eigenvalue weighted by Crippen LogP contribution is -2.53. The van der Waals surface area contributed by atoms with Crippen LogP contribution in [0.15, 0.2) is 60.8 Å². The molecule has 8 nitrogen and oxygen atoms in total. The van der Waals surface area contributed by atoms with Gasteiger partial charge in [0.25, 0.3) is 6.47 Å². The number of nitrogens with two attached hydrogens (primary N) is 1. The van der Waals surface area contributed by atoms with Crippen molar-refractivity contribution < 1.29 is 19.1 Å². The molecule has 2 atom stereocenters. The van der Waals surface area contributed by atoms with Gasteiger partial charge in [0.2, 0.25) is 11.8 Å². The molecule has 2 amide bonds. The molecule has 0 bridgehead atoms. The monoisotopic (exact) mass is 560 g/mol. The lowest BCUT2D eigenvalue weighted by molar-refractivity contribution is -0.139. The largest absolute Gasteiger partial charge is 0.468 e. The van der Waals surface area contributed by atoms with Gasteiger partial charge in [-0.3, -0.25) is 14.4 Å². The highest BCUT2D eigenvalue weighted by Gasteiger charge is 2.33. The van der Waals surface area contributed by atoms with Crippen LogP contribution in [0.25, 0.3) is 10.9 Å². The highest BCUT2D eigenvalue weighted by Crippen LogP contribution is 2.26. The third kappa shape index (κ3) is 8.67. The van der Waals surface area contributed by atoms with Gasteiger partial charge in [0.05, 0.1) is 6.61 Å². The van der Waals surface area contributed by atoms with Gasteiger partial charge in [-0.15, -0.1) is 0 Å². The number of carbonyl (C=O) groups is 3. The molecule has 1 saturated carbocycles. The van der Waals surface area contributed by atoms with Crippen LogP contribution in [0, 0.1) is 11.8 Å². The minimum absolute atomic E-state index is 0.00191. The molecule has 5 rings (SSSR count). The lowest BCUT2D eigenvalue weighted by Gasteiger charge is -2.36. The number of H-pyrrole nitrogens is 1. The van der Waals surface area contributed by atoms with Crippen molar-refractivity contribution in [1.29, 1.82) is 0 Å². The fourth-order valence-electron chi connectivity index (χ4n) is 6.06. The van der Waals surface area contributed by atoms with Gasteiger partial charge in [0.15, 0.2) is 0 Å². The molecule has 1 aliphatic heterocycles. The average Bonchev–Trinajstić information content (AvgIpc) is 3.41. The number of para-hydroxylation sites is 1. The van der Waals surface area contributed by atoms with E-state index in [1.54, 1.807) is 6.92 Å². The highest BCUT2D eigenvalue weighted by atomic mass is 16.5. The fraction of sp³-hybridized carbons (Fsp3) is 0.485. The van der Waals surface area contributed by atoms with E-state index in [-0.39, 0.29) is 23.8 Å². The molecule has 220 valence electrons. The van der Waals surface area contributed by atoms with Crippen LogP contribution in [0.2, 0.25) is 0 Å². The summed E-state index contributed by atoms with van der Waals surface area (Å²) in [6.07, 6.45) is 8.89. The normalized spacial score (nSPS) is 21.3. The molecule has 3 aromatic rings. The first-order chi connectivity index (χ1) is 20.0. The molecule has 0 spiro atoms. The molecule has 1 aromatic heterocycles. The molecule has 2 aromatic carbocycles. The molecule has 2 fully saturated rings. The average molecular weight is 561 g/mol. The second kappa shape index (κ2) is 15.4. The summed E-state index contributed by atoms with van der Waals surface area (Å²) in [4.78, 5) is 41.7. The third-order valence-corrected chi connectivity index (χ3v) is 8.29. The summed E-state index contributed by atoms with van der Waals surface area (Å²) in [7, 11) is 0. The van der Waals surface area contributed by atoms with Crippen molar-refractivity contribution in [3.05, 3.63) is 71.9 Å². The zero-order chi connectivity index (χ0) is 29.0. The zero-order valence-corrected chi connectivity index (χ0v) is 24.1. The second-order valence-corrected chi connectivity index (χ2v) is 11.3. The number of benzene rings is 2. The van der Waals surface area contributed by atoms with E-state index < -0.39 is 6.04 Å². The number of rotatable bonds is 9. The molecule has 41 heavy (non-hydrogen) atoms. The van der Waals surface area contributed by atoms with E-state index in [0.29, 0.717) is 25.4 Å². The van der Waals surface area contributed by atoms with Crippen LogP contribution in [0.3, 0.4) is 0 Å². The van der Waals surface area contributed by atoms with Gasteiger partial charge in [-0.2, -0.15) is 0 Å². The molecule has 8 heteroatoms. The Labute approximate surface area is 243 Å². The minimum Gasteiger partial charge on any atom is -0.468 e. The van der Waals surface area contributed by atoms with Gasteiger partial charge in [-0.1, -0.05) is 48.5 Å². The Morgan fingerprint density at radius 2 is 1.80 bits per heavy atom. The van der Waals surface area contributed by atoms with Crippen molar-refractivity contribution in [3.8, 4) is 0 Å². The molecule has 4 N–H and O–H groups in total. The lowest BCUT2D eigenvalue weighted by atomic mass is 9.85. The molecular weight excluding hydrogens is 516 g/mol. The van der Waals surface area contributed by atoms with E-state index in [1.807, 2.05) is 35.4 Å². The number of likely N-dealkylation sites (tertiary alicyclic amines) is 1. The Bertz CT molecular complexity index is 1250. The SMILES string of the molecule is CCOC=O.NC1CCC(C(=O)N[C@H](Cc2c[nH]c3ccccc23)C(=O)N2CCC[C@H](Cc3ccccc3)C2)CC1. The van der Waals surface area contributed by atoms with Crippen LogP contribution in [0.4, 0.5) is 0 Å². The van der Waals surface area contributed by atoms with Gasteiger partial charge in [0.1, 0.15) is 6.04 Å². The molecule has 0 radical (unpaired) electrons. The van der Waals surface area contributed by atoms with E-state index in [9.17, 15) is 14.4 Å². The van der Waals surface area contributed by atoms with Crippen LogP contribution >= 0.6 is 0 Å². The number of carbonyl (C=O) groups excluding carboxylic acids is 3. The van der Waals surface area contributed by atoms with Gasteiger partial charge in [0, 0.05) is 48.6 Å². The maximum absolute atomic E-state index is 13.9. The second-order valence-electron chi connectivity index (χ2n) is 11.3. The standard InChI is InChI=1S/C30H38N4O2.C3H6O2/c31-25-14-12-23(13-15-25)29(35)33-28(18-24-19-32-27-11-5-4-10-26(24)27)30(36)34-16-6-9-22(20-34)17-21-7-2-1-3-8-21;1-2-5-3-4/h1-5,7-8,10-11,19,22-23,25,28,32H,6,9,12-18,20,31H2,(H,33,35);3H,2H2,1H3/t22-,23?,25?,28-;/m1./s1. The number of amides is 2. The minimum atomic E-state index is -0.567. The summed E-state index contributed by atoms with van der Waals surface area (Å²) in [5.41, 5.74) is 9.49. The Kier molecular flexibility index (Phi) is 11.4. The van der Waals surface area contributed by atoms with Crippen molar-refractivity contribution in [2.45, 2.75) is 70.4 Å². The first kappa shape index (κ1) is 30.3. The summed E-state index contributed by atoms with van der Waals surface area (Å²) < 4.78 is 4.15. The predicted molar refractivity (Wildman–Crippen MR) is 161 cm³/mol. The first-order valence-corrected chi connectivity index (χ1v) is 15.0. The number of piperidine rings is 1. The summed E-state index contributed by atoms with van der Waals surface area (Å²) in [5.74, 6) is 0.418. The zero-order valence-electron chi connectivity index (χ0n) is 24.1. The summed E-state index contributed by atoms with van der Waals surface area (Å²) in [6, 6.07) is 18.3. The smallest absolute Gasteiger partial charge is 0.293 e. The van der Waals surface area contributed by atoms with E-state index in [1.165, 1.54) is 5.56 Å². The van der Waals surface area contributed by atoms with E-state index >= 15 is 0 Å². The van der Waals surface area contributed by atoms with Gasteiger partial charge in [-0.25, -0.2) is 0 Å². The van der Waals surface area contributed by atoms with Crippen molar-refractivity contribution in [3.63, 3.8) is 0 Å². The highest BCUT2D eigenvalue weighted by molar-refractivity contribution is 5.90. The number of nitrogens with zero attached hydrogens (tertiary/aromatic N) is 1. The van der Waals surface area contributed by atoms with E-state index in [2.05, 4.69) is 45.4 Å². The summed E-state index contributed by atoms with van der Waals surface area (Å²) in [5, 5.41) is 4.29. The number of hydrogen-bond donors (Lipinski definition) is 3. The van der Waals surface area contributed by atoms with Crippen LogP contribution in [0.1, 0.15) is 56.6 Å². The van der Waals surface area contributed by atoms with Crippen LogP contribution < -0.4 is 11.1 Å². The maximum atomic E-state index is 13.9. The van der Waals surface area contributed by atoms with Crippen molar-refractivity contribution in [2.75, 3.05) is 19.7 Å². The van der Waals surface area contributed by atoms with Crippen molar-refractivity contribution in [2.24, 2.45) is 17.6 Å². The summed E-state index contributed by atoms with van der Waals surface area (Å²) in [6.45, 7) is 4.16. The number of hydrogen-bond acceptors (Lipinski definition) is 5. The van der Waals surface area contributed by atoms with E-state index in [4.69, 9.17) is 5.73 Å². The molecule has 1 aliphatic carbocycles. The Morgan fingerprint density at radius 1 is 1.07 bits per heavy atom. The summed E-state index contributed by atoms with van der Waals surface area (Å²) >= 11 is 0. The van der Waals surface area contributed by atoms with Gasteiger partial charge in [-0.05, 0) is 75.0 Å². The van der Waals surface area contributed by atoms with E-state index in [0.717, 1.165) is 74.5 Å². The predicted octanol–water partition coefficient (Wildman–Crippen LogP) is 4.37. The Hall–Kier alpha value is -3.65. The van der Waals surface area contributed by atoms with Crippen LogP contribution in [-0.4, -0.2) is 60.0 Å². The topological polar surface area (TPSA) is 118 Å². The molecule has 0 unspecified atom stereocenters. The molecule has 2 aliphatic rings. The Morgan fingerprint density at radius 3 is 2.51 bits per heavy atom. The number of fused-ring (bicyclic) bond motifs is 1. The molecule has 1 saturated heterocycles. The molecule has 2 heterocycles. The van der Waals surface area contributed by atoms with Crippen LogP contribution in [0.5, 0.6) is 0 Å². The third-order valence-electron chi connectivity index (χ3n) is 8.29. The number of nitrogens with one attached hydrogen (secondary N) is 2. The van der Waals surface area contributed by atoms with Gasteiger partial charge >= 0.3 is 0 Å². The number of aromatic nitrogens is 1. The number of aromatic amines is 1. The van der Waals surface area contributed by atoms with Crippen molar-refractivity contribution >= 4 is 29.2 Å². The van der Waals surface area contributed by atoms with Gasteiger partial charge < -0.3 is 25.7 Å². The Balaban J connectivity index is 0.000000714. The maximum Gasteiger partial charge on any atom is 0.293 e. The molecular formula is C33H44N4O4. The first-order valence-electron chi connectivity index (χ1n) is 15.0. The fourth-order valence-corrected chi connectivity index (χ4v) is 6.06. The van der Waals surface area contributed by atoms with Crippen LogP contribution in [-0.2, 0) is 32.0 Å². The van der Waals surface area contributed by atoms with Crippen molar-refractivity contribution in [1.82, 2.24) is 15.2 Å². The quantitative estimate of drug-likeness (QED) is 0.336.